The number of carbonyl (C=O) groups is 2. The Labute approximate surface area is 182 Å². The standard InChI is InChI=1S/C19H27N5O3.HI/c1-13-3-6-15(16(9-13)27-12-14-4-5-14)10-22-18(20-2)21-7-8-24-17(25)11-23-19(24)26;/h3,6,9,14H,4-5,7-8,10-12H2,1-2H3,(H,23,26)(H2,20,21,22);1H. The summed E-state index contributed by atoms with van der Waals surface area (Å²) < 4.78 is 5.99. The first-order chi connectivity index (χ1) is 13.1. The lowest BCUT2D eigenvalue weighted by molar-refractivity contribution is -0.124. The summed E-state index contributed by atoms with van der Waals surface area (Å²) in [6.45, 7) is 4.20. The maximum atomic E-state index is 11.6. The first kappa shape index (κ1) is 22.3. The molecular formula is C19H28IN5O3. The quantitative estimate of drug-likeness (QED) is 0.218. The number of hydrogen-bond acceptors (Lipinski definition) is 4. The van der Waals surface area contributed by atoms with Gasteiger partial charge in [0, 0.05) is 32.2 Å². The molecule has 0 bridgehead atoms. The van der Waals surface area contributed by atoms with E-state index in [-0.39, 0.29) is 42.5 Å². The fraction of sp³-hybridized carbons (Fsp3) is 0.526. The van der Waals surface area contributed by atoms with Gasteiger partial charge in [-0.15, -0.1) is 24.0 Å². The number of halogens is 1. The van der Waals surface area contributed by atoms with E-state index in [0.29, 0.717) is 31.5 Å². The molecule has 1 saturated heterocycles. The van der Waals surface area contributed by atoms with Crippen LogP contribution in [-0.4, -0.2) is 56.1 Å². The van der Waals surface area contributed by atoms with Gasteiger partial charge in [-0.25, -0.2) is 4.79 Å². The van der Waals surface area contributed by atoms with Gasteiger partial charge < -0.3 is 20.7 Å². The molecule has 1 aliphatic carbocycles. The van der Waals surface area contributed by atoms with Crippen LogP contribution in [0.3, 0.4) is 0 Å². The van der Waals surface area contributed by atoms with E-state index in [2.05, 4.69) is 46.1 Å². The van der Waals surface area contributed by atoms with Crippen LogP contribution < -0.4 is 20.7 Å². The van der Waals surface area contributed by atoms with Crippen molar-refractivity contribution in [3.63, 3.8) is 0 Å². The smallest absolute Gasteiger partial charge is 0.324 e. The molecule has 154 valence electrons. The van der Waals surface area contributed by atoms with Crippen LogP contribution in [-0.2, 0) is 11.3 Å². The van der Waals surface area contributed by atoms with Crippen molar-refractivity contribution < 1.29 is 14.3 Å². The predicted molar refractivity (Wildman–Crippen MR) is 118 cm³/mol. The van der Waals surface area contributed by atoms with Crippen LogP contribution in [0.5, 0.6) is 5.75 Å². The zero-order valence-electron chi connectivity index (χ0n) is 16.3. The first-order valence-electron chi connectivity index (χ1n) is 9.32. The van der Waals surface area contributed by atoms with Gasteiger partial charge in [-0.2, -0.15) is 0 Å². The molecule has 9 heteroatoms. The van der Waals surface area contributed by atoms with Gasteiger partial charge in [-0.3, -0.25) is 14.7 Å². The Bertz CT molecular complexity index is 720. The van der Waals surface area contributed by atoms with Crippen molar-refractivity contribution in [3.05, 3.63) is 29.3 Å². The summed E-state index contributed by atoms with van der Waals surface area (Å²) in [6, 6.07) is 5.84. The molecule has 0 atom stereocenters. The fourth-order valence-electron chi connectivity index (χ4n) is 2.80. The highest BCUT2D eigenvalue weighted by Gasteiger charge is 2.27. The van der Waals surface area contributed by atoms with Gasteiger partial charge in [0.2, 0.25) is 5.91 Å². The van der Waals surface area contributed by atoms with Crippen LogP contribution in [0.15, 0.2) is 23.2 Å². The summed E-state index contributed by atoms with van der Waals surface area (Å²) in [5, 5.41) is 8.88. The Morgan fingerprint density at radius 1 is 1.32 bits per heavy atom. The third kappa shape index (κ3) is 6.25. The van der Waals surface area contributed by atoms with Crippen molar-refractivity contribution in [3.8, 4) is 5.75 Å². The average Bonchev–Trinajstić information content (AvgIpc) is 3.44. The van der Waals surface area contributed by atoms with Crippen molar-refractivity contribution in [1.82, 2.24) is 20.9 Å². The summed E-state index contributed by atoms with van der Waals surface area (Å²) >= 11 is 0. The van der Waals surface area contributed by atoms with E-state index in [0.717, 1.165) is 17.9 Å². The molecular weight excluding hydrogens is 473 g/mol. The number of guanidine groups is 1. The maximum absolute atomic E-state index is 11.6. The van der Waals surface area contributed by atoms with Gasteiger partial charge in [0.05, 0.1) is 13.2 Å². The van der Waals surface area contributed by atoms with Crippen LogP contribution in [0.25, 0.3) is 0 Å². The first-order valence-corrected chi connectivity index (χ1v) is 9.32. The molecule has 1 aromatic rings. The Kier molecular flexibility index (Phi) is 8.34. The zero-order valence-corrected chi connectivity index (χ0v) is 18.6. The lowest BCUT2D eigenvalue weighted by atomic mass is 10.1. The molecule has 0 unspecified atom stereocenters. The summed E-state index contributed by atoms with van der Waals surface area (Å²) in [6.07, 6.45) is 2.51. The number of imide groups is 1. The van der Waals surface area contributed by atoms with Gasteiger partial charge in [-0.05, 0) is 37.3 Å². The highest BCUT2D eigenvalue weighted by molar-refractivity contribution is 14.0. The lowest BCUT2D eigenvalue weighted by Gasteiger charge is -2.17. The van der Waals surface area contributed by atoms with Crippen LogP contribution in [0.1, 0.15) is 24.0 Å². The summed E-state index contributed by atoms with van der Waals surface area (Å²) in [5.74, 6) is 2.01. The number of carbonyl (C=O) groups excluding carboxylic acids is 2. The molecule has 3 amide bonds. The monoisotopic (exact) mass is 501 g/mol. The van der Waals surface area contributed by atoms with Gasteiger partial charge in [0.1, 0.15) is 5.75 Å². The molecule has 0 spiro atoms. The number of nitrogens with zero attached hydrogens (tertiary/aromatic N) is 2. The highest BCUT2D eigenvalue weighted by atomic mass is 127. The number of nitrogens with one attached hydrogen (secondary N) is 3. The van der Waals surface area contributed by atoms with Crippen molar-refractivity contribution in [1.29, 1.82) is 0 Å². The second-order valence-corrected chi connectivity index (χ2v) is 6.92. The molecule has 3 N–H and O–H groups in total. The Hall–Kier alpha value is -2.04. The number of urea groups is 1. The van der Waals surface area contributed by atoms with E-state index in [9.17, 15) is 9.59 Å². The van der Waals surface area contributed by atoms with E-state index >= 15 is 0 Å². The predicted octanol–water partition coefficient (Wildman–Crippen LogP) is 1.62. The SMILES string of the molecule is CN=C(NCCN1C(=O)CNC1=O)NCc1ccc(C)cc1OCC1CC1.I. The molecule has 1 saturated carbocycles. The minimum atomic E-state index is -0.346. The van der Waals surface area contributed by atoms with Gasteiger partial charge in [0.15, 0.2) is 5.96 Å². The zero-order chi connectivity index (χ0) is 19.2. The molecule has 0 radical (unpaired) electrons. The molecule has 1 aliphatic heterocycles. The molecule has 3 rings (SSSR count). The maximum Gasteiger partial charge on any atom is 0.324 e. The minimum Gasteiger partial charge on any atom is -0.493 e. The van der Waals surface area contributed by atoms with Gasteiger partial charge >= 0.3 is 6.03 Å². The Morgan fingerprint density at radius 2 is 2.11 bits per heavy atom. The molecule has 1 aromatic carbocycles. The Balaban J connectivity index is 0.00000280. The number of hydrogen-bond donors (Lipinski definition) is 3. The fourth-order valence-corrected chi connectivity index (χ4v) is 2.80. The molecule has 28 heavy (non-hydrogen) atoms. The van der Waals surface area contributed by atoms with Crippen LogP contribution >= 0.6 is 24.0 Å². The summed E-state index contributed by atoms with van der Waals surface area (Å²) in [7, 11) is 1.68. The van der Waals surface area contributed by atoms with E-state index in [1.807, 2.05) is 0 Å². The second kappa shape index (κ2) is 10.5. The van der Waals surface area contributed by atoms with Crippen molar-refractivity contribution in [2.45, 2.75) is 26.3 Å². The largest absolute Gasteiger partial charge is 0.493 e. The number of aryl methyl sites for hydroxylation is 1. The average molecular weight is 501 g/mol. The minimum absolute atomic E-state index is 0. The normalized spacial score (nSPS) is 16.5. The number of ether oxygens (including phenoxy) is 1. The van der Waals surface area contributed by atoms with E-state index in [1.54, 1.807) is 7.05 Å². The molecule has 1 heterocycles. The topological polar surface area (TPSA) is 95.1 Å². The van der Waals surface area contributed by atoms with Crippen LogP contribution in [0.2, 0.25) is 0 Å². The second-order valence-electron chi connectivity index (χ2n) is 6.92. The van der Waals surface area contributed by atoms with Gasteiger partial charge in [0.25, 0.3) is 0 Å². The van der Waals surface area contributed by atoms with Crippen molar-refractivity contribution in [2.75, 3.05) is 33.3 Å². The number of amides is 3. The molecule has 0 aromatic heterocycles. The third-order valence-corrected chi connectivity index (χ3v) is 4.63. The van der Waals surface area contributed by atoms with Gasteiger partial charge in [-0.1, -0.05) is 12.1 Å². The lowest BCUT2D eigenvalue weighted by Crippen LogP contribution is -2.43. The van der Waals surface area contributed by atoms with Crippen molar-refractivity contribution in [2.24, 2.45) is 10.9 Å². The van der Waals surface area contributed by atoms with E-state index in [1.165, 1.54) is 23.3 Å². The highest BCUT2D eigenvalue weighted by Crippen LogP contribution is 2.30. The number of benzene rings is 1. The van der Waals surface area contributed by atoms with E-state index in [4.69, 9.17) is 4.74 Å². The summed E-state index contributed by atoms with van der Waals surface area (Å²) in [4.78, 5) is 28.5. The van der Waals surface area contributed by atoms with E-state index < -0.39 is 0 Å². The van der Waals surface area contributed by atoms with Crippen LogP contribution in [0, 0.1) is 12.8 Å². The molecule has 2 fully saturated rings. The third-order valence-electron chi connectivity index (χ3n) is 4.63. The summed E-state index contributed by atoms with van der Waals surface area (Å²) in [5.41, 5.74) is 2.24. The number of rotatable bonds is 8. The number of aliphatic imine (C=N–C) groups is 1. The Morgan fingerprint density at radius 3 is 2.75 bits per heavy atom. The van der Waals surface area contributed by atoms with Crippen LogP contribution in [0.4, 0.5) is 4.79 Å². The molecule has 8 nitrogen and oxygen atoms in total. The van der Waals surface area contributed by atoms with Crippen molar-refractivity contribution >= 4 is 41.9 Å². The molecule has 2 aliphatic rings.